The van der Waals surface area contributed by atoms with Crippen LogP contribution in [-0.4, -0.2) is 20.9 Å². The number of carboxylic acid groups (broad SMARTS) is 1. The van der Waals surface area contributed by atoms with Crippen LogP contribution in [0.3, 0.4) is 0 Å². The van der Waals surface area contributed by atoms with Gasteiger partial charge < -0.3 is 5.11 Å². The van der Waals surface area contributed by atoms with Gasteiger partial charge in [-0.1, -0.05) is 41.4 Å². The molecule has 6 heteroatoms. The molecular weight excluding hydrogens is 394 g/mol. The van der Waals surface area contributed by atoms with Gasteiger partial charge in [-0.2, -0.15) is 10.4 Å². The Morgan fingerprint density at radius 3 is 2.62 bits per heavy atom. The predicted molar refractivity (Wildman–Crippen MR) is 102 cm³/mol. The molecule has 3 rings (SSSR count). The molecule has 3 aromatic rings. The fraction of sp³-hybridized carbons (Fsp3) is 0.150. The first-order valence-corrected chi connectivity index (χ1v) is 8.96. The van der Waals surface area contributed by atoms with Crippen LogP contribution in [-0.2, 0) is 6.42 Å². The second-order valence-corrected chi connectivity index (χ2v) is 6.72. The molecule has 0 amide bonds. The van der Waals surface area contributed by atoms with E-state index in [0.717, 1.165) is 16.6 Å². The molecular formula is C20H16BrN3O2. The van der Waals surface area contributed by atoms with Gasteiger partial charge in [0.1, 0.15) is 11.3 Å². The second kappa shape index (κ2) is 7.54. The van der Waals surface area contributed by atoms with Crippen LogP contribution in [0.2, 0.25) is 0 Å². The second-order valence-electron chi connectivity index (χ2n) is 5.81. The van der Waals surface area contributed by atoms with E-state index in [9.17, 15) is 9.90 Å². The largest absolute Gasteiger partial charge is 0.478 e. The highest BCUT2D eigenvalue weighted by atomic mass is 79.9. The third kappa shape index (κ3) is 3.39. The van der Waals surface area contributed by atoms with E-state index in [0.29, 0.717) is 28.9 Å². The molecule has 2 aromatic carbocycles. The number of hydrogen-bond donors (Lipinski definition) is 1. The molecule has 0 aliphatic carbocycles. The topological polar surface area (TPSA) is 78.9 Å². The summed E-state index contributed by atoms with van der Waals surface area (Å²) >= 11 is 3.41. The lowest BCUT2D eigenvalue weighted by molar-refractivity contribution is 0.0696. The highest BCUT2D eigenvalue weighted by Gasteiger charge is 2.24. The SMILES string of the molecule is CCCc1c(C(=O)O)c(-c2cccc(C#N)c2)nn1-c1ccc(Br)cc1. The standard InChI is InChI=1S/C20H16BrN3O2/c1-2-4-17-18(20(25)26)19(14-6-3-5-13(11-14)12-22)23-24(17)16-9-7-15(21)8-10-16/h3,5-11H,2,4H2,1H3,(H,25,26). The first-order valence-electron chi connectivity index (χ1n) is 8.16. The summed E-state index contributed by atoms with van der Waals surface area (Å²) in [6.07, 6.45) is 1.38. The van der Waals surface area contributed by atoms with Crippen molar-refractivity contribution in [2.24, 2.45) is 0 Å². The Morgan fingerprint density at radius 2 is 2.00 bits per heavy atom. The summed E-state index contributed by atoms with van der Waals surface area (Å²) in [5, 5.41) is 23.6. The van der Waals surface area contributed by atoms with Gasteiger partial charge in [-0.3, -0.25) is 0 Å². The van der Waals surface area contributed by atoms with Crippen LogP contribution in [0.4, 0.5) is 0 Å². The third-order valence-electron chi connectivity index (χ3n) is 4.02. The van der Waals surface area contributed by atoms with Gasteiger partial charge in [-0.05, 0) is 42.8 Å². The van der Waals surface area contributed by atoms with E-state index >= 15 is 0 Å². The van der Waals surface area contributed by atoms with E-state index in [1.807, 2.05) is 31.2 Å². The minimum Gasteiger partial charge on any atom is -0.478 e. The van der Waals surface area contributed by atoms with Crippen molar-refractivity contribution in [1.29, 1.82) is 5.26 Å². The van der Waals surface area contributed by atoms with E-state index in [1.165, 1.54) is 0 Å². The molecule has 0 spiro atoms. The van der Waals surface area contributed by atoms with Gasteiger partial charge in [-0.15, -0.1) is 0 Å². The van der Waals surface area contributed by atoms with Crippen LogP contribution >= 0.6 is 15.9 Å². The van der Waals surface area contributed by atoms with Gasteiger partial charge in [0.05, 0.1) is 23.0 Å². The molecule has 0 radical (unpaired) electrons. The number of carbonyl (C=O) groups is 1. The predicted octanol–water partition coefficient (Wildman–Crippen LogP) is 4.82. The van der Waals surface area contributed by atoms with Gasteiger partial charge >= 0.3 is 5.97 Å². The molecule has 0 saturated carbocycles. The van der Waals surface area contributed by atoms with Crippen LogP contribution in [0.1, 0.15) is 35.0 Å². The summed E-state index contributed by atoms with van der Waals surface area (Å²) in [6.45, 7) is 2.00. The monoisotopic (exact) mass is 409 g/mol. The highest BCUT2D eigenvalue weighted by Crippen LogP contribution is 2.29. The molecule has 0 bridgehead atoms. The summed E-state index contributed by atoms with van der Waals surface area (Å²) in [7, 11) is 0. The van der Waals surface area contributed by atoms with Crippen molar-refractivity contribution < 1.29 is 9.90 Å². The van der Waals surface area contributed by atoms with Crippen LogP contribution in [0, 0.1) is 11.3 Å². The van der Waals surface area contributed by atoms with Gasteiger partial charge in [0.15, 0.2) is 0 Å². The minimum absolute atomic E-state index is 0.185. The summed E-state index contributed by atoms with van der Waals surface area (Å²) in [4.78, 5) is 12.0. The Kier molecular flexibility index (Phi) is 5.19. The average molecular weight is 410 g/mol. The zero-order valence-corrected chi connectivity index (χ0v) is 15.7. The summed E-state index contributed by atoms with van der Waals surface area (Å²) < 4.78 is 2.62. The Hall–Kier alpha value is -2.91. The van der Waals surface area contributed by atoms with Gasteiger partial charge in [0.25, 0.3) is 0 Å². The summed E-state index contributed by atoms with van der Waals surface area (Å²) in [5.74, 6) is -1.02. The van der Waals surface area contributed by atoms with Crippen molar-refractivity contribution in [2.45, 2.75) is 19.8 Å². The summed E-state index contributed by atoms with van der Waals surface area (Å²) in [6, 6.07) is 16.5. The van der Waals surface area contributed by atoms with Gasteiger partial charge in [0.2, 0.25) is 0 Å². The number of halogens is 1. The maximum atomic E-state index is 12.0. The number of aromatic carboxylic acids is 1. The molecule has 0 aliphatic rings. The lowest BCUT2D eigenvalue weighted by Crippen LogP contribution is -2.06. The molecule has 26 heavy (non-hydrogen) atoms. The third-order valence-corrected chi connectivity index (χ3v) is 4.55. The van der Waals surface area contributed by atoms with Crippen molar-refractivity contribution in [3.05, 3.63) is 69.8 Å². The molecule has 0 unspecified atom stereocenters. The van der Waals surface area contributed by atoms with Gasteiger partial charge in [0, 0.05) is 10.0 Å². The fourth-order valence-corrected chi connectivity index (χ4v) is 3.14. The van der Waals surface area contributed by atoms with Crippen LogP contribution in [0.15, 0.2) is 53.0 Å². The number of benzene rings is 2. The minimum atomic E-state index is -1.02. The molecule has 1 aromatic heterocycles. The Bertz CT molecular complexity index is 1000. The molecule has 1 N–H and O–H groups in total. The number of rotatable bonds is 5. The molecule has 1 heterocycles. The fourth-order valence-electron chi connectivity index (χ4n) is 2.88. The lowest BCUT2D eigenvalue weighted by Gasteiger charge is -2.07. The Morgan fingerprint density at radius 1 is 1.27 bits per heavy atom. The molecule has 0 saturated heterocycles. The smallest absolute Gasteiger partial charge is 0.339 e. The van der Waals surface area contributed by atoms with Crippen molar-refractivity contribution in [1.82, 2.24) is 9.78 Å². The summed E-state index contributed by atoms with van der Waals surface area (Å²) in [5.41, 5.74) is 3.09. The molecule has 5 nitrogen and oxygen atoms in total. The van der Waals surface area contributed by atoms with E-state index in [4.69, 9.17) is 5.26 Å². The van der Waals surface area contributed by atoms with Crippen molar-refractivity contribution in [3.8, 4) is 23.0 Å². The zero-order valence-electron chi connectivity index (χ0n) is 14.1. The number of carboxylic acids is 1. The molecule has 0 fully saturated rings. The molecule has 130 valence electrons. The van der Waals surface area contributed by atoms with Crippen molar-refractivity contribution >= 4 is 21.9 Å². The van der Waals surface area contributed by atoms with E-state index < -0.39 is 5.97 Å². The van der Waals surface area contributed by atoms with E-state index in [-0.39, 0.29) is 5.56 Å². The average Bonchev–Trinajstić information content (AvgIpc) is 3.02. The molecule has 0 aliphatic heterocycles. The van der Waals surface area contributed by atoms with Crippen molar-refractivity contribution in [3.63, 3.8) is 0 Å². The van der Waals surface area contributed by atoms with Crippen molar-refractivity contribution in [2.75, 3.05) is 0 Å². The quantitative estimate of drug-likeness (QED) is 0.654. The number of aromatic nitrogens is 2. The Balaban J connectivity index is 2.27. The van der Waals surface area contributed by atoms with Crippen LogP contribution in [0.25, 0.3) is 16.9 Å². The molecule has 0 atom stereocenters. The van der Waals surface area contributed by atoms with E-state index in [2.05, 4.69) is 27.1 Å². The maximum Gasteiger partial charge on any atom is 0.339 e. The number of hydrogen-bond acceptors (Lipinski definition) is 3. The first kappa shape index (κ1) is 17.9. The number of nitriles is 1. The maximum absolute atomic E-state index is 12.0. The van der Waals surface area contributed by atoms with E-state index in [1.54, 1.807) is 28.9 Å². The highest BCUT2D eigenvalue weighted by molar-refractivity contribution is 9.10. The Labute approximate surface area is 159 Å². The van der Waals surface area contributed by atoms with Gasteiger partial charge in [-0.25, -0.2) is 9.48 Å². The zero-order chi connectivity index (χ0) is 18.7. The number of nitrogens with zero attached hydrogens (tertiary/aromatic N) is 3. The lowest BCUT2D eigenvalue weighted by atomic mass is 10.0. The first-order chi connectivity index (χ1) is 12.5. The normalized spacial score (nSPS) is 10.5. The van der Waals surface area contributed by atoms with Crippen LogP contribution < -0.4 is 0 Å². The van der Waals surface area contributed by atoms with Crippen LogP contribution in [0.5, 0.6) is 0 Å².